The minimum atomic E-state index is 0.339. The molecule has 0 N–H and O–H groups in total. The van der Waals surface area contributed by atoms with E-state index in [0.29, 0.717) is 22.5 Å². The second-order valence-corrected chi connectivity index (χ2v) is 9.45. The van der Waals surface area contributed by atoms with Gasteiger partial charge in [-0.2, -0.15) is 0 Å². The van der Waals surface area contributed by atoms with Crippen molar-refractivity contribution < 1.29 is 4.79 Å². The second-order valence-electron chi connectivity index (χ2n) is 9.45. The first kappa shape index (κ1) is 16.5. The SMILES string of the molecule is C[C@@H](CCCC1(C)CCCC1)C1CC[C@H]2C(=O)CCC[C@]12C. The van der Waals surface area contributed by atoms with E-state index in [1.54, 1.807) is 0 Å². The van der Waals surface area contributed by atoms with Crippen LogP contribution in [0, 0.1) is 28.6 Å². The molecule has 0 radical (unpaired) electrons. The van der Waals surface area contributed by atoms with Gasteiger partial charge in [0.05, 0.1) is 0 Å². The predicted molar refractivity (Wildman–Crippen MR) is 92.8 cm³/mol. The van der Waals surface area contributed by atoms with E-state index in [1.807, 2.05) is 0 Å². The molecule has 3 aliphatic rings. The fourth-order valence-electron chi connectivity index (χ4n) is 6.44. The zero-order valence-corrected chi connectivity index (χ0v) is 15.1. The van der Waals surface area contributed by atoms with E-state index in [9.17, 15) is 4.79 Å². The lowest BCUT2D eigenvalue weighted by Gasteiger charge is -2.42. The van der Waals surface area contributed by atoms with Gasteiger partial charge in [0, 0.05) is 12.3 Å². The number of carbonyl (C=O) groups excluding carboxylic acids is 1. The molecule has 3 saturated carbocycles. The summed E-state index contributed by atoms with van der Waals surface area (Å²) < 4.78 is 0. The molecule has 0 bridgehead atoms. The smallest absolute Gasteiger partial charge is 0.136 e. The summed E-state index contributed by atoms with van der Waals surface area (Å²) in [6, 6.07) is 0. The van der Waals surface area contributed by atoms with Crippen molar-refractivity contribution >= 4 is 5.78 Å². The number of hydrogen-bond donors (Lipinski definition) is 0. The van der Waals surface area contributed by atoms with Crippen LogP contribution in [0.4, 0.5) is 0 Å². The minimum Gasteiger partial charge on any atom is -0.299 e. The maximum absolute atomic E-state index is 12.3. The van der Waals surface area contributed by atoms with Crippen LogP contribution in [0.5, 0.6) is 0 Å². The van der Waals surface area contributed by atoms with Crippen LogP contribution in [0.2, 0.25) is 0 Å². The molecule has 0 amide bonds. The zero-order valence-electron chi connectivity index (χ0n) is 15.1. The Bertz CT molecular complexity index is 406. The van der Waals surface area contributed by atoms with Gasteiger partial charge < -0.3 is 0 Å². The molecule has 3 aliphatic carbocycles. The van der Waals surface area contributed by atoms with Gasteiger partial charge in [-0.15, -0.1) is 0 Å². The van der Waals surface area contributed by atoms with Gasteiger partial charge in [0.1, 0.15) is 5.78 Å². The zero-order chi connectivity index (χ0) is 15.8. The van der Waals surface area contributed by atoms with Crippen molar-refractivity contribution in [2.75, 3.05) is 0 Å². The third-order valence-corrected chi connectivity index (χ3v) is 7.87. The molecular weight excluding hydrogens is 268 g/mol. The van der Waals surface area contributed by atoms with E-state index < -0.39 is 0 Å². The normalized spacial score (nSPS) is 39.0. The molecule has 0 aromatic carbocycles. The lowest BCUT2D eigenvalue weighted by Crippen LogP contribution is -2.39. The Kier molecular flexibility index (Phi) is 4.72. The lowest BCUT2D eigenvalue weighted by atomic mass is 9.62. The van der Waals surface area contributed by atoms with E-state index >= 15 is 0 Å². The number of Topliss-reactive ketones (excluding diaryl/α,β-unsaturated/α-hetero) is 1. The van der Waals surface area contributed by atoms with E-state index in [0.717, 1.165) is 24.7 Å². The van der Waals surface area contributed by atoms with E-state index in [4.69, 9.17) is 0 Å². The van der Waals surface area contributed by atoms with Crippen molar-refractivity contribution in [1.82, 2.24) is 0 Å². The monoisotopic (exact) mass is 304 g/mol. The van der Waals surface area contributed by atoms with Gasteiger partial charge in [-0.1, -0.05) is 46.5 Å². The summed E-state index contributed by atoms with van der Waals surface area (Å²) in [7, 11) is 0. The molecule has 0 heterocycles. The third kappa shape index (κ3) is 3.02. The van der Waals surface area contributed by atoms with E-state index in [1.165, 1.54) is 64.2 Å². The number of ketones is 1. The fraction of sp³-hybridized carbons (Fsp3) is 0.952. The predicted octanol–water partition coefficient (Wildman–Crippen LogP) is 6.16. The average Bonchev–Trinajstić information content (AvgIpc) is 3.03. The highest BCUT2D eigenvalue weighted by Crippen LogP contribution is 2.57. The number of rotatable bonds is 5. The first-order valence-corrected chi connectivity index (χ1v) is 9.97. The molecule has 1 nitrogen and oxygen atoms in total. The van der Waals surface area contributed by atoms with Gasteiger partial charge in [0.25, 0.3) is 0 Å². The maximum atomic E-state index is 12.3. The number of hydrogen-bond acceptors (Lipinski definition) is 1. The van der Waals surface area contributed by atoms with Crippen LogP contribution >= 0.6 is 0 Å². The minimum absolute atomic E-state index is 0.339. The molecule has 0 aromatic heterocycles. The highest BCUT2D eigenvalue weighted by molar-refractivity contribution is 5.83. The Morgan fingerprint density at radius 1 is 1.09 bits per heavy atom. The highest BCUT2D eigenvalue weighted by atomic mass is 16.1. The Morgan fingerprint density at radius 2 is 1.82 bits per heavy atom. The van der Waals surface area contributed by atoms with Crippen LogP contribution < -0.4 is 0 Å². The van der Waals surface area contributed by atoms with Crippen LogP contribution in [0.1, 0.15) is 97.8 Å². The molecule has 3 fully saturated rings. The Hall–Kier alpha value is -0.330. The van der Waals surface area contributed by atoms with Gasteiger partial charge in [-0.05, 0) is 67.6 Å². The molecule has 0 saturated heterocycles. The third-order valence-electron chi connectivity index (χ3n) is 7.87. The van der Waals surface area contributed by atoms with Crippen LogP contribution in [0.15, 0.2) is 0 Å². The van der Waals surface area contributed by atoms with Crippen molar-refractivity contribution in [2.45, 2.75) is 97.8 Å². The summed E-state index contributed by atoms with van der Waals surface area (Å²) in [5.74, 6) is 2.60. The van der Waals surface area contributed by atoms with Gasteiger partial charge in [-0.3, -0.25) is 4.79 Å². The van der Waals surface area contributed by atoms with Crippen molar-refractivity contribution in [3.8, 4) is 0 Å². The standard InChI is InChI=1S/C21H36O/c1-16(8-6-14-20(2)12-4-5-13-20)17-10-11-18-19(22)9-7-15-21(17,18)3/h16-18H,4-15H2,1-3H3/t16-,17?,18-,21+/m0/s1. The van der Waals surface area contributed by atoms with Crippen molar-refractivity contribution in [1.29, 1.82) is 0 Å². The molecule has 3 rings (SSSR count). The second kappa shape index (κ2) is 6.29. The maximum Gasteiger partial charge on any atom is 0.136 e. The van der Waals surface area contributed by atoms with E-state index in [-0.39, 0.29) is 0 Å². The molecular formula is C21H36O. The lowest BCUT2D eigenvalue weighted by molar-refractivity contribution is -0.130. The molecule has 0 aromatic rings. The first-order valence-electron chi connectivity index (χ1n) is 9.97. The molecule has 0 spiro atoms. The van der Waals surface area contributed by atoms with Crippen molar-refractivity contribution in [3.05, 3.63) is 0 Å². The van der Waals surface area contributed by atoms with E-state index in [2.05, 4.69) is 20.8 Å². The molecule has 1 heteroatoms. The van der Waals surface area contributed by atoms with Crippen molar-refractivity contribution in [3.63, 3.8) is 0 Å². The summed E-state index contributed by atoms with van der Waals surface area (Å²) in [6.07, 6.45) is 15.9. The number of fused-ring (bicyclic) bond motifs is 1. The van der Waals surface area contributed by atoms with Crippen LogP contribution in [0.3, 0.4) is 0 Å². The molecule has 1 unspecified atom stereocenters. The molecule has 126 valence electrons. The van der Waals surface area contributed by atoms with Crippen molar-refractivity contribution in [2.24, 2.45) is 28.6 Å². The summed E-state index contributed by atoms with van der Waals surface area (Å²) >= 11 is 0. The van der Waals surface area contributed by atoms with Gasteiger partial charge in [0.2, 0.25) is 0 Å². The molecule has 0 aliphatic heterocycles. The Labute approximate surface area is 137 Å². The van der Waals surface area contributed by atoms with Crippen LogP contribution in [-0.4, -0.2) is 5.78 Å². The largest absolute Gasteiger partial charge is 0.299 e. The van der Waals surface area contributed by atoms with Crippen LogP contribution in [-0.2, 0) is 4.79 Å². The fourth-order valence-corrected chi connectivity index (χ4v) is 6.44. The van der Waals surface area contributed by atoms with Crippen LogP contribution in [0.25, 0.3) is 0 Å². The van der Waals surface area contributed by atoms with Gasteiger partial charge in [0.15, 0.2) is 0 Å². The average molecular weight is 305 g/mol. The van der Waals surface area contributed by atoms with Gasteiger partial charge >= 0.3 is 0 Å². The molecule has 4 atom stereocenters. The summed E-state index contributed by atoms with van der Waals surface area (Å²) in [5.41, 5.74) is 0.995. The summed E-state index contributed by atoms with van der Waals surface area (Å²) in [5, 5.41) is 0. The van der Waals surface area contributed by atoms with Gasteiger partial charge in [-0.25, -0.2) is 0 Å². The highest BCUT2D eigenvalue weighted by Gasteiger charge is 2.52. The Morgan fingerprint density at radius 3 is 2.55 bits per heavy atom. The quantitative estimate of drug-likeness (QED) is 0.594. The topological polar surface area (TPSA) is 17.1 Å². The summed E-state index contributed by atoms with van der Waals surface area (Å²) in [4.78, 5) is 12.3. The Balaban J connectivity index is 1.54. The number of carbonyl (C=O) groups is 1. The first-order chi connectivity index (χ1) is 10.4. The molecule has 22 heavy (non-hydrogen) atoms. The summed E-state index contributed by atoms with van der Waals surface area (Å²) in [6.45, 7) is 7.44.